The minimum absolute atomic E-state index is 0. The van der Waals surface area contributed by atoms with Gasteiger partial charge in [-0.05, 0) is 36.4 Å². The van der Waals surface area contributed by atoms with E-state index >= 15 is 0 Å². The summed E-state index contributed by atoms with van der Waals surface area (Å²) in [6, 6.07) is 10.8. The third-order valence-electron chi connectivity index (χ3n) is 2.16. The van der Waals surface area contributed by atoms with Gasteiger partial charge in [0.15, 0.2) is 0 Å². The maximum absolute atomic E-state index is 10.7. The molecule has 1 aromatic heterocycles. The molecule has 5 nitrogen and oxygen atoms in total. The molecular weight excluding hydrogens is 275 g/mol. The van der Waals surface area contributed by atoms with Crippen LogP contribution in [0.1, 0.15) is 5.69 Å². The Bertz CT molecular complexity index is 655. The van der Waals surface area contributed by atoms with Crippen molar-refractivity contribution in [3.63, 3.8) is 0 Å². The Kier molecular flexibility index (Phi) is 5.84. The van der Waals surface area contributed by atoms with Crippen LogP contribution in [0.15, 0.2) is 58.5 Å². The van der Waals surface area contributed by atoms with E-state index in [0.717, 1.165) is 0 Å². The molecule has 0 aliphatic heterocycles. The molecule has 0 atom stereocenters. The van der Waals surface area contributed by atoms with E-state index in [1.807, 2.05) is 6.07 Å². The molecule has 0 aliphatic carbocycles. The Balaban J connectivity index is 0.00000180. The van der Waals surface area contributed by atoms with E-state index in [4.69, 9.17) is 0 Å². The van der Waals surface area contributed by atoms with Crippen LogP contribution >= 0.6 is 0 Å². The first-order chi connectivity index (χ1) is 8.55. The maximum atomic E-state index is 10.7. The predicted molar refractivity (Wildman–Crippen MR) is 65.9 cm³/mol. The monoisotopic (exact) mass is 284 g/mol. The van der Waals surface area contributed by atoms with Crippen molar-refractivity contribution in [1.29, 1.82) is 0 Å². The van der Waals surface area contributed by atoms with Gasteiger partial charge in [-0.1, -0.05) is 6.07 Å². The van der Waals surface area contributed by atoms with Crippen LogP contribution in [0.25, 0.3) is 0 Å². The second-order valence-electron chi connectivity index (χ2n) is 3.46. The van der Waals surface area contributed by atoms with Gasteiger partial charge in [-0.3, -0.25) is 9.98 Å². The molecule has 0 saturated heterocycles. The van der Waals surface area contributed by atoms with Crippen LogP contribution in [-0.4, -0.2) is 24.2 Å². The summed E-state index contributed by atoms with van der Waals surface area (Å²) in [4.78, 5) is 7.91. The topological polar surface area (TPSA) is 82.5 Å². The Morgan fingerprint density at radius 2 is 1.79 bits per heavy atom. The molecule has 1 aromatic carbocycles. The second-order valence-corrected chi connectivity index (χ2v) is 4.84. The van der Waals surface area contributed by atoms with Gasteiger partial charge in [0.1, 0.15) is 10.1 Å². The molecule has 0 radical (unpaired) electrons. The Morgan fingerprint density at radius 1 is 1.11 bits per heavy atom. The summed E-state index contributed by atoms with van der Waals surface area (Å²) in [5.41, 5.74) is 1.24. The average Bonchev–Trinajstić information content (AvgIpc) is 2.37. The van der Waals surface area contributed by atoms with Crippen LogP contribution in [0, 0.1) is 0 Å². The van der Waals surface area contributed by atoms with E-state index in [2.05, 4.69) is 9.98 Å². The molecule has 0 spiro atoms. The quantitative estimate of drug-likeness (QED) is 0.400. The predicted octanol–water partition coefficient (Wildman–Crippen LogP) is -1.26. The molecule has 7 heteroatoms. The van der Waals surface area contributed by atoms with Crippen molar-refractivity contribution >= 4 is 22.0 Å². The fourth-order valence-corrected chi connectivity index (χ4v) is 1.76. The summed E-state index contributed by atoms with van der Waals surface area (Å²) in [5, 5.41) is 0. The summed E-state index contributed by atoms with van der Waals surface area (Å²) < 4.78 is 32.2. The molecule has 0 amide bonds. The van der Waals surface area contributed by atoms with E-state index in [1.165, 1.54) is 24.3 Å². The van der Waals surface area contributed by atoms with Gasteiger partial charge in [-0.15, -0.1) is 0 Å². The molecule has 2 aromatic rings. The molecule has 0 aliphatic rings. The van der Waals surface area contributed by atoms with Crippen LogP contribution in [0.3, 0.4) is 0 Å². The van der Waals surface area contributed by atoms with Gasteiger partial charge >= 0.3 is 29.6 Å². The maximum Gasteiger partial charge on any atom is 1.00 e. The number of benzene rings is 1. The molecule has 0 N–H and O–H groups in total. The first-order valence-electron chi connectivity index (χ1n) is 5.07. The van der Waals surface area contributed by atoms with E-state index in [1.54, 1.807) is 24.5 Å². The van der Waals surface area contributed by atoms with Crippen LogP contribution in [0.2, 0.25) is 0 Å². The number of rotatable bonds is 3. The number of pyridine rings is 1. The largest absolute Gasteiger partial charge is 1.00 e. The Hall–Kier alpha value is -1.05. The molecule has 1 heterocycles. The Morgan fingerprint density at radius 3 is 2.32 bits per heavy atom. The van der Waals surface area contributed by atoms with Gasteiger partial charge in [0.05, 0.1) is 22.5 Å². The molecule has 92 valence electrons. The molecule has 0 fully saturated rings. The van der Waals surface area contributed by atoms with Crippen molar-refractivity contribution in [2.45, 2.75) is 4.90 Å². The fraction of sp³-hybridized carbons (Fsp3) is 0. The van der Waals surface area contributed by atoms with Crippen molar-refractivity contribution in [2.75, 3.05) is 0 Å². The zero-order valence-corrected chi connectivity index (χ0v) is 13.0. The minimum atomic E-state index is -4.40. The summed E-state index contributed by atoms with van der Waals surface area (Å²) in [5.74, 6) is 0. The summed E-state index contributed by atoms with van der Waals surface area (Å²) in [6.07, 6.45) is 3.20. The van der Waals surface area contributed by atoms with E-state index < -0.39 is 10.1 Å². The Labute approximate surface area is 133 Å². The van der Waals surface area contributed by atoms with Crippen molar-refractivity contribution in [3.8, 4) is 0 Å². The number of hydrogen-bond acceptors (Lipinski definition) is 5. The molecule has 19 heavy (non-hydrogen) atoms. The van der Waals surface area contributed by atoms with Gasteiger partial charge in [-0.25, -0.2) is 8.42 Å². The molecule has 0 unspecified atom stereocenters. The molecular formula is C12H9N2NaO3S. The van der Waals surface area contributed by atoms with Crippen LogP contribution in [-0.2, 0) is 10.1 Å². The van der Waals surface area contributed by atoms with Crippen molar-refractivity contribution < 1.29 is 42.5 Å². The van der Waals surface area contributed by atoms with Crippen LogP contribution in [0.4, 0.5) is 5.69 Å². The molecule has 2 rings (SSSR count). The van der Waals surface area contributed by atoms with Crippen molar-refractivity contribution in [3.05, 3.63) is 54.4 Å². The summed E-state index contributed by atoms with van der Waals surface area (Å²) >= 11 is 0. The zero-order chi connectivity index (χ0) is 13.0. The van der Waals surface area contributed by atoms with Gasteiger partial charge in [0.25, 0.3) is 0 Å². The first-order valence-corrected chi connectivity index (χ1v) is 6.47. The van der Waals surface area contributed by atoms with E-state index in [0.29, 0.717) is 11.4 Å². The average molecular weight is 284 g/mol. The molecule has 0 bridgehead atoms. The number of hydrogen-bond donors (Lipinski definition) is 0. The summed E-state index contributed by atoms with van der Waals surface area (Å²) in [7, 11) is -4.40. The van der Waals surface area contributed by atoms with Gasteiger partial charge < -0.3 is 4.55 Å². The van der Waals surface area contributed by atoms with Crippen LogP contribution < -0.4 is 29.6 Å². The molecule has 0 saturated carbocycles. The third kappa shape index (κ3) is 4.85. The van der Waals surface area contributed by atoms with Gasteiger partial charge in [0.2, 0.25) is 0 Å². The van der Waals surface area contributed by atoms with E-state index in [-0.39, 0.29) is 34.5 Å². The second kappa shape index (κ2) is 6.93. The number of aromatic nitrogens is 1. The number of nitrogens with zero attached hydrogens (tertiary/aromatic N) is 2. The summed E-state index contributed by atoms with van der Waals surface area (Å²) in [6.45, 7) is 0. The van der Waals surface area contributed by atoms with Gasteiger partial charge in [0, 0.05) is 6.20 Å². The van der Waals surface area contributed by atoms with Gasteiger partial charge in [-0.2, -0.15) is 0 Å². The van der Waals surface area contributed by atoms with E-state index in [9.17, 15) is 13.0 Å². The standard InChI is InChI=1S/C12H10N2O3S.Na/c15-18(16,17)12-6-4-10(5-7-12)14-9-11-3-1-2-8-13-11;/h1-9H,(H,15,16,17);/q;+1/p-1. The number of aliphatic imine (C=N–C) groups is 1. The zero-order valence-electron chi connectivity index (χ0n) is 10.2. The van der Waals surface area contributed by atoms with Crippen molar-refractivity contribution in [2.24, 2.45) is 4.99 Å². The van der Waals surface area contributed by atoms with Crippen LogP contribution in [0.5, 0.6) is 0 Å². The third-order valence-corrected chi connectivity index (χ3v) is 3.01. The minimum Gasteiger partial charge on any atom is -0.744 e. The van der Waals surface area contributed by atoms with Crippen molar-refractivity contribution in [1.82, 2.24) is 4.98 Å². The first kappa shape index (κ1) is 16.0. The SMILES string of the molecule is O=S(=O)([O-])c1ccc(N=Cc2ccccn2)cc1.[Na+]. The fourth-order valence-electron chi connectivity index (χ4n) is 1.29. The normalized spacial score (nSPS) is 11.2. The smallest absolute Gasteiger partial charge is 0.744 e.